The van der Waals surface area contributed by atoms with Crippen LogP contribution in [0, 0.1) is 11.8 Å². The Balaban J connectivity index is 0.000000187. The Morgan fingerprint density at radius 3 is 1.36 bits per heavy atom. The number of piperidine rings is 4. The molecule has 20 nitrogen and oxygen atoms in total. The van der Waals surface area contributed by atoms with E-state index in [0.29, 0.717) is 28.2 Å². The number of ether oxygens (including phenoxy) is 1. The van der Waals surface area contributed by atoms with Gasteiger partial charge in [-0.05, 0) is 159 Å². The molecule has 0 bridgehead atoms. The smallest absolute Gasteiger partial charge is 0.410 e. The normalized spacial score (nSPS) is 23.5. The molecule has 404 valence electrons. The van der Waals surface area contributed by atoms with Crippen LogP contribution in [0.5, 0.6) is 0 Å². The van der Waals surface area contributed by atoms with Crippen molar-refractivity contribution in [2.75, 3.05) is 101 Å². The van der Waals surface area contributed by atoms with E-state index in [1.54, 1.807) is 24.3 Å². The Hall–Kier alpha value is -6.25. The minimum atomic E-state index is -0.954. The molecule has 0 radical (unpaired) electrons. The molecule has 20 heteroatoms. The minimum Gasteiger partial charge on any atom is -0.444 e. The highest BCUT2D eigenvalue weighted by Crippen LogP contribution is 2.33. The maximum atomic E-state index is 13.2. The third-order valence-electron chi connectivity index (χ3n) is 16.2. The van der Waals surface area contributed by atoms with E-state index in [4.69, 9.17) is 4.74 Å². The van der Waals surface area contributed by atoms with Crippen LogP contribution >= 0.6 is 0 Å². The van der Waals surface area contributed by atoms with Crippen molar-refractivity contribution in [3.05, 3.63) is 58.7 Å². The van der Waals surface area contributed by atoms with Crippen LogP contribution in [-0.2, 0) is 23.9 Å². The van der Waals surface area contributed by atoms with Crippen molar-refractivity contribution in [3.63, 3.8) is 0 Å². The largest absolute Gasteiger partial charge is 0.444 e. The van der Waals surface area contributed by atoms with Crippen molar-refractivity contribution < 1.29 is 47.9 Å². The van der Waals surface area contributed by atoms with Gasteiger partial charge in [-0.25, -0.2) is 4.79 Å². The minimum absolute atomic E-state index is 0.104. The van der Waals surface area contributed by atoms with Gasteiger partial charge in [0.15, 0.2) is 0 Å². The molecule has 9 amide bonds. The number of carbonyl (C=O) groups is 9. The van der Waals surface area contributed by atoms with E-state index < -0.39 is 53.1 Å². The van der Waals surface area contributed by atoms with E-state index >= 15 is 0 Å². The number of nitrogens with zero attached hydrogens (tertiary/aromatic N) is 7. The Kier molecular flexibility index (Phi) is 16.7. The molecule has 2 aromatic carbocycles. The number of piperazine rings is 2. The van der Waals surface area contributed by atoms with Gasteiger partial charge < -0.3 is 24.8 Å². The number of hydrogen-bond acceptors (Lipinski definition) is 15. The van der Waals surface area contributed by atoms with Crippen LogP contribution in [0.2, 0.25) is 0 Å². The number of imide groups is 4. The molecule has 0 aliphatic carbocycles. The molecule has 0 spiro atoms. The summed E-state index contributed by atoms with van der Waals surface area (Å²) in [6.45, 7) is 18.9. The third kappa shape index (κ3) is 12.6. The fourth-order valence-corrected chi connectivity index (χ4v) is 11.9. The van der Waals surface area contributed by atoms with Gasteiger partial charge in [-0.3, -0.25) is 68.6 Å². The van der Waals surface area contributed by atoms with E-state index in [1.807, 2.05) is 37.8 Å². The van der Waals surface area contributed by atoms with Gasteiger partial charge in [0.05, 0.1) is 22.3 Å². The van der Waals surface area contributed by atoms with Crippen LogP contribution in [0.4, 0.5) is 16.2 Å². The van der Waals surface area contributed by atoms with Gasteiger partial charge >= 0.3 is 6.09 Å². The topological polar surface area (TPSA) is 222 Å². The predicted octanol–water partition coefficient (Wildman–Crippen LogP) is 3.63. The highest BCUT2D eigenvalue weighted by molar-refractivity contribution is 6.24. The third-order valence-corrected chi connectivity index (χ3v) is 16.2. The Labute approximate surface area is 439 Å². The number of anilines is 2. The first-order valence-electron chi connectivity index (χ1n) is 27.4. The summed E-state index contributed by atoms with van der Waals surface area (Å²) in [5.74, 6) is -2.29. The maximum Gasteiger partial charge on any atom is 0.410 e. The summed E-state index contributed by atoms with van der Waals surface area (Å²) in [7, 11) is 0. The summed E-state index contributed by atoms with van der Waals surface area (Å²) >= 11 is 0. The average molecular weight is 1040 g/mol. The molecule has 0 aromatic heterocycles. The van der Waals surface area contributed by atoms with Crippen LogP contribution in [-0.4, -0.2) is 187 Å². The fraction of sp³-hybridized carbons (Fsp3) is 0.618. The number of nitrogens with one attached hydrogen (secondary N) is 3. The summed E-state index contributed by atoms with van der Waals surface area (Å²) < 4.78 is 5.50. The van der Waals surface area contributed by atoms with Gasteiger partial charge in [0.2, 0.25) is 23.6 Å². The molecule has 75 heavy (non-hydrogen) atoms. The van der Waals surface area contributed by atoms with Gasteiger partial charge in [-0.2, -0.15) is 0 Å². The monoisotopic (exact) mass is 1030 g/mol. The first-order chi connectivity index (χ1) is 36.0. The summed E-state index contributed by atoms with van der Waals surface area (Å²) in [4.78, 5) is 125. The van der Waals surface area contributed by atoms with Crippen molar-refractivity contribution in [2.45, 2.75) is 116 Å². The van der Waals surface area contributed by atoms with Crippen LogP contribution in [0.3, 0.4) is 0 Å². The van der Waals surface area contributed by atoms with Crippen molar-refractivity contribution in [2.24, 2.45) is 11.8 Å². The van der Waals surface area contributed by atoms with E-state index in [0.717, 1.165) is 144 Å². The summed E-state index contributed by atoms with van der Waals surface area (Å²) in [5.41, 5.74) is 2.65. The van der Waals surface area contributed by atoms with Crippen LogP contribution in [0.25, 0.3) is 0 Å². The van der Waals surface area contributed by atoms with Gasteiger partial charge in [0, 0.05) is 89.7 Å². The number of fused-ring (bicyclic) bond motifs is 2. The Bertz CT molecular complexity index is 2530. The number of rotatable bonds is 12. The van der Waals surface area contributed by atoms with Crippen molar-refractivity contribution in [1.82, 2.24) is 40.4 Å². The van der Waals surface area contributed by atoms with Crippen LogP contribution in [0.15, 0.2) is 36.4 Å². The van der Waals surface area contributed by atoms with Gasteiger partial charge in [-0.1, -0.05) is 0 Å². The zero-order chi connectivity index (χ0) is 53.0. The molecule has 2 atom stereocenters. The molecule has 8 heterocycles. The average Bonchev–Trinajstić information content (AvgIpc) is 3.80. The highest BCUT2D eigenvalue weighted by atomic mass is 16.6. The van der Waals surface area contributed by atoms with Crippen molar-refractivity contribution in [1.29, 1.82) is 0 Å². The summed E-state index contributed by atoms with van der Waals surface area (Å²) in [6, 6.07) is 8.81. The first-order valence-corrected chi connectivity index (χ1v) is 27.4. The van der Waals surface area contributed by atoms with E-state index in [1.165, 1.54) is 25.7 Å². The van der Waals surface area contributed by atoms with E-state index in [2.05, 4.69) is 35.6 Å². The molecule has 8 aliphatic rings. The molecule has 10 rings (SSSR count). The zero-order valence-electron chi connectivity index (χ0n) is 43.9. The van der Waals surface area contributed by atoms with Gasteiger partial charge in [-0.15, -0.1) is 0 Å². The maximum absolute atomic E-state index is 13.2. The highest BCUT2D eigenvalue weighted by Gasteiger charge is 2.46. The lowest BCUT2D eigenvalue weighted by Crippen LogP contribution is -2.54. The molecular formula is C55H74N10O10. The number of benzene rings is 2. The number of carbonyl (C=O) groups excluding carboxylic acids is 9. The number of likely N-dealkylation sites (tertiary alicyclic amines) is 1. The second kappa shape index (κ2) is 23.3. The first kappa shape index (κ1) is 53.6. The predicted molar refractivity (Wildman–Crippen MR) is 278 cm³/mol. The van der Waals surface area contributed by atoms with Crippen molar-refractivity contribution >= 4 is 64.7 Å². The quantitative estimate of drug-likeness (QED) is 0.259. The fourth-order valence-electron chi connectivity index (χ4n) is 11.9. The zero-order valence-corrected chi connectivity index (χ0v) is 43.9. The Morgan fingerprint density at radius 1 is 0.533 bits per heavy atom. The molecule has 8 aliphatic heterocycles. The van der Waals surface area contributed by atoms with Crippen molar-refractivity contribution in [3.8, 4) is 0 Å². The number of amides is 9. The molecule has 0 saturated carbocycles. The molecule has 2 unspecified atom stereocenters. The standard InChI is InChI=1S/C30H41N5O6.C25H33N5O4/c1-30(2,3)41-29(40)34-13-10-20(11-14-34)5-4-12-32-15-17-33(18-16-32)21-6-7-22-23(19-21)28(39)35(27(22)38)24-8-9-25(36)31-26(24)37;31-22-6-5-21(23(32)27-22)30-24(33)19-4-3-18(16-20(19)25(30)34)29-14-12-28(13-15-29)11-1-2-17-7-9-26-10-8-17/h6-7,19-20,24H,4-5,8-18H2,1-3H3,(H,31,36,37);3-4,16-17,21,26H,1-2,5-15H2,(H,27,31,32). The van der Waals surface area contributed by atoms with E-state index in [9.17, 15) is 43.2 Å². The molecule has 6 saturated heterocycles. The summed E-state index contributed by atoms with van der Waals surface area (Å²) in [5, 5.41) is 7.90. The SMILES string of the molecule is CC(C)(C)OC(=O)N1CCC(CCCN2CCN(c3ccc4c(c3)C(=O)N(C3CCC(=O)NC3=O)C4=O)CC2)CC1.O=C1CCC(N2C(=O)c3ccc(N4CCN(CCCC5CCNCC5)CC4)cc3C2=O)C(=O)N1. The molecule has 6 fully saturated rings. The molecular weight excluding hydrogens is 961 g/mol. The lowest BCUT2D eigenvalue weighted by molar-refractivity contribution is -0.137. The molecule has 2 aromatic rings. The van der Waals surface area contributed by atoms with Gasteiger partial charge in [0.25, 0.3) is 23.6 Å². The van der Waals surface area contributed by atoms with E-state index in [-0.39, 0.29) is 43.6 Å². The van der Waals surface area contributed by atoms with Crippen LogP contribution < -0.4 is 25.8 Å². The van der Waals surface area contributed by atoms with Gasteiger partial charge in [0.1, 0.15) is 17.7 Å². The second-order valence-electron chi connectivity index (χ2n) is 22.4. The molecule has 3 N–H and O–H groups in total. The Morgan fingerprint density at radius 2 is 0.947 bits per heavy atom. The van der Waals surface area contributed by atoms with Crippen LogP contribution in [0.1, 0.15) is 139 Å². The summed E-state index contributed by atoms with van der Waals surface area (Å²) in [6.07, 6.45) is 9.82. The lowest BCUT2D eigenvalue weighted by Gasteiger charge is -2.37. The second-order valence-corrected chi connectivity index (χ2v) is 22.4. The lowest BCUT2D eigenvalue weighted by atomic mass is 9.92. The number of hydrogen-bond donors (Lipinski definition) is 3.